The van der Waals surface area contributed by atoms with Gasteiger partial charge in [0.05, 0.1) is 19.8 Å². The van der Waals surface area contributed by atoms with Crippen LogP contribution < -0.4 is 14.4 Å². The van der Waals surface area contributed by atoms with Crippen molar-refractivity contribution < 1.29 is 19.0 Å². The Hall–Kier alpha value is -3.35. The summed E-state index contributed by atoms with van der Waals surface area (Å²) in [6.45, 7) is 3.45. The monoisotopic (exact) mass is 433 g/mol. The molecule has 0 bridgehead atoms. The highest BCUT2D eigenvalue weighted by molar-refractivity contribution is 6.11. The normalized spacial score (nSPS) is 17.9. The molecule has 1 saturated heterocycles. The van der Waals surface area contributed by atoms with Gasteiger partial charge >= 0.3 is 5.97 Å². The lowest BCUT2D eigenvalue weighted by Gasteiger charge is -2.35. The molecule has 0 amide bonds. The molecule has 1 atom stereocenters. The van der Waals surface area contributed by atoms with Gasteiger partial charge < -0.3 is 19.1 Å². The second kappa shape index (κ2) is 8.30. The standard InChI is InChI=1S/C25H27N3O4/c1-4-18-7-5-6-8-28(18)25-26-12-17(13-27-25)22-19-11-21(31-3)20(30-2)10-15(19)9-16-14-32-24(29)23(16)22/h9-13,18H,4-8,14H2,1-3H3/t18-/m1/s1. The zero-order valence-corrected chi connectivity index (χ0v) is 18.7. The molecule has 0 saturated carbocycles. The van der Waals surface area contributed by atoms with Crippen LogP contribution >= 0.6 is 0 Å². The van der Waals surface area contributed by atoms with Crippen molar-refractivity contribution in [1.29, 1.82) is 0 Å². The summed E-state index contributed by atoms with van der Waals surface area (Å²) >= 11 is 0. The molecular formula is C25H27N3O4. The van der Waals surface area contributed by atoms with Crippen LogP contribution in [0, 0.1) is 0 Å². The molecule has 3 heterocycles. The zero-order valence-electron chi connectivity index (χ0n) is 18.7. The number of rotatable bonds is 5. The number of hydrogen-bond donors (Lipinski definition) is 0. The quantitative estimate of drug-likeness (QED) is 0.538. The van der Waals surface area contributed by atoms with Gasteiger partial charge in [-0.25, -0.2) is 14.8 Å². The highest BCUT2D eigenvalue weighted by atomic mass is 16.5. The molecule has 7 nitrogen and oxygen atoms in total. The van der Waals surface area contributed by atoms with Gasteiger partial charge in [-0.15, -0.1) is 0 Å². The van der Waals surface area contributed by atoms with Crippen molar-refractivity contribution in [2.45, 2.75) is 45.3 Å². The topological polar surface area (TPSA) is 73.8 Å². The number of piperidine rings is 1. The molecule has 0 aliphatic carbocycles. The number of esters is 1. The minimum Gasteiger partial charge on any atom is -0.493 e. The number of anilines is 1. The summed E-state index contributed by atoms with van der Waals surface area (Å²) in [7, 11) is 3.22. The van der Waals surface area contributed by atoms with E-state index in [1.165, 1.54) is 12.8 Å². The van der Waals surface area contributed by atoms with Gasteiger partial charge in [-0.1, -0.05) is 6.92 Å². The fourth-order valence-electron chi connectivity index (χ4n) is 4.94. The van der Waals surface area contributed by atoms with Crippen molar-refractivity contribution in [1.82, 2.24) is 9.97 Å². The molecule has 32 heavy (non-hydrogen) atoms. The molecule has 166 valence electrons. The van der Waals surface area contributed by atoms with Gasteiger partial charge in [0.15, 0.2) is 11.5 Å². The van der Waals surface area contributed by atoms with E-state index in [2.05, 4.69) is 11.8 Å². The van der Waals surface area contributed by atoms with E-state index in [0.29, 0.717) is 23.1 Å². The van der Waals surface area contributed by atoms with Crippen LogP contribution in [0.1, 0.15) is 48.5 Å². The molecule has 2 aromatic carbocycles. The molecule has 0 spiro atoms. The molecule has 0 unspecified atom stereocenters. The lowest BCUT2D eigenvalue weighted by molar-refractivity contribution is 0.0535. The second-order valence-electron chi connectivity index (χ2n) is 8.31. The Morgan fingerprint density at radius 3 is 2.53 bits per heavy atom. The summed E-state index contributed by atoms with van der Waals surface area (Å²) in [6, 6.07) is 6.29. The highest BCUT2D eigenvalue weighted by Crippen LogP contribution is 2.42. The van der Waals surface area contributed by atoms with Crippen molar-refractivity contribution in [2.24, 2.45) is 0 Å². The van der Waals surface area contributed by atoms with Crippen molar-refractivity contribution in [3.8, 4) is 22.6 Å². The van der Waals surface area contributed by atoms with Gasteiger partial charge in [-0.2, -0.15) is 0 Å². The van der Waals surface area contributed by atoms with Crippen LogP contribution in [0.4, 0.5) is 5.95 Å². The lowest BCUT2D eigenvalue weighted by atomic mass is 9.91. The van der Waals surface area contributed by atoms with Crippen LogP contribution in [0.5, 0.6) is 11.5 Å². The highest BCUT2D eigenvalue weighted by Gasteiger charge is 2.29. The number of carbonyl (C=O) groups excluding carboxylic acids is 1. The van der Waals surface area contributed by atoms with Crippen LogP contribution in [0.3, 0.4) is 0 Å². The van der Waals surface area contributed by atoms with Gasteiger partial charge in [-0.3, -0.25) is 0 Å². The number of cyclic esters (lactones) is 1. The summed E-state index contributed by atoms with van der Waals surface area (Å²) in [5.74, 6) is 1.67. The molecule has 1 aromatic heterocycles. The molecule has 2 aliphatic heterocycles. The minimum absolute atomic E-state index is 0.260. The van der Waals surface area contributed by atoms with Crippen molar-refractivity contribution >= 4 is 22.7 Å². The number of fused-ring (bicyclic) bond motifs is 2. The first-order chi connectivity index (χ1) is 15.6. The van der Waals surface area contributed by atoms with Gasteiger partial charge in [0, 0.05) is 41.7 Å². The van der Waals surface area contributed by atoms with E-state index in [-0.39, 0.29) is 12.6 Å². The maximum atomic E-state index is 12.6. The Morgan fingerprint density at radius 1 is 1.06 bits per heavy atom. The predicted molar refractivity (Wildman–Crippen MR) is 122 cm³/mol. The van der Waals surface area contributed by atoms with E-state index in [9.17, 15) is 4.79 Å². The number of aromatic nitrogens is 2. The van der Waals surface area contributed by atoms with Crippen LogP contribution in [0.25, 0.3) is 21.9 Å². The summed E-state index contributed by atoms with van der Waals surface area (Å²) in [4.78, 5) is 24.4. The average Bonchev–Trinajstić information content (AvgIpc) is 3.21. The smallest absolute Gasteiger partial charge is 0.339 e. The van der Waals surface area contributed by atoms with Crippen molar-refractivity contribution in [2.75, 3.05) is 25.7 Å². The molecule has 0 N–H and O–H groups in total. The minimum atomic E-state index is -0.321. The predicted octanol–water partition coefficient (Wildman–Crippen LogP) is 4.75. The maximum absolute atomic E-state index is 12.6. The first-order valence-corrected chi connectivity index (χ1v) is 11.1. The largest absolute Gasteiger partial charge is 0.493 e. The van der Waals surface area contributed by atoms with Gasteiger partial charge in [0.25, 0.3) is 0 Å². The van der Waals surface area contributed by atoms with E-state index in [4.69, 9.17) is 24.2 Å². The molecule has 0 radical (unpaired) electrons. The van der Waals surface area contributed by atoms with E-state index < -0.39 is 0 Å². The third-order valence-electron chi connectivity index (χ3n) is 6.57. The Labute approximate surface area is 187 Å². The number of benzene rings is 2. The van der Waals surface area contributed by atoms with Crippen LogP contribution in [-0.2, 0) is 11.3 Å². The van der Waals surface area contributed by atoms with Crippen molar-refractivity contribution in [3.05, 3.63) is 41.7 Å². The summed E-state index contributed by atoms with van der Waals surface area (Å²) in [5.41, 5.74) is 2.99. The first kappa shape index (κ1) is 20.5. The number of carbonyl (C=O) groups is 1. The second-order valence-corrected chi connectivity index (χ2v) is 8.31. The molecule has 5 rings (SSSR count). The average molecular weight is 434 g/mol. The Kier molecular flexibility index (Phi) is 5.33. The van der Waals surface area contributed by atoms with E-state index in [1.807, 2.05) is 30.6 Å². The SMILES string of the molecule is CC[C@@H]1CCCCN1c1ncc(-c2c3c(cc4cc(OC)c(OC)cc24)COC3=O)cn1. The number of ether oxygens (including phenoxy) is 3. The Balaban J connectivity index is 1.66. The van der Waals surface area contributed by atoms with Gasteiger partial charge in [-0.05, 0) is 54.7 Å². The molecule has 1 fully saturated rings. The van der Waals surface area contributed by atoms with Crippen molar-refractivity contribution in [3.63, 3.8) is 0 Å². The zero-order chi connectivity index (χ0) is 22.2. The lowest BCUT2D eigenvalue weighted by Crippen LogP contribution is -2.40. The van der Waals surface area contributed by atoms with Crippen LogP contribution in [0.2, 0.25) is 0 Å². The summed E-state index contributed by atoms with van der Waals surface area (Å²) in [5, 5.41) is 1.82. The van der Waals surface area contributed by atoms with E-state index in [0.717, 1.165) is 52.8 Å². The van der Waals surface area contributed by atoms with Crippen LogP contribution in [0.15, 0.2) is 30.6 Å². The summed E-state index contributed by atoms with van der Waals surface area (Å²) in [6.07, 6.45) is 8.30. The maximum Gasteiger partial charge on any atom is 0.339 e. The third-order valence-corrected chi connectivity index (χ3v) is 6.57. The fraction of sp³-hybridized carbons (Fsp3) is 0.400. The third kappa shape index (κ3) is 3.32. The summed E-state index contributed by atoms with van der Waals surface area (Å²) < 4.78 is 16.4. The molecule has 2 aliphatic rings. The number of methoxy groups -OCH3 is 2. The molecule has 3 aromatic rings. The molecular weight excluding hydrogens is 406 g/mol. The first-order valence-electron chi connectivity index (χ1n) is 11.1. The Bertz CT molecular complexity index is 1180. The number of nitrogens with zero attached hydrogens (tertiary/aromatic N) is 3. The number of hydrogen-bond acceptors (Lipinski definition) is 7. The van der Waals surface area contributed by atoms with Gasteiger partial charge in [0.2, 0.25) is 5.95 Å². The van der Waals surface area contributed by atoms with E-state index >= 15 is 0 Å². The Morgan fingerprint density at radius 2 is 1.81 bits per heavy atom. The van der Waals surface area contributed by atoms with E-state index in [1.54, 1.807) is 14.2 Å². The van der Waals surface area contributed by atoms with Gasteiger partial charge in [0.1, 0.15) is 6.61 Å². The fourth-order valence-corrected chi connectivity index (χ4v) is 4.94. The molecule has 7 heteroatoms. The van der Waals surface area contributed by atoms with Crippen LogP contribution in [-0.4, -0.2) is 42.7 Å².